The number of hydrogen-bond acceptors (Lipinski definition) is 18. The summed E-state index contributed by atoms with van der Waals surface area (Å²) in [6, 6.07) is -1.51. The second kappa shape index (κ2) is 23.9. The molecule has 2 unspecified atom stereocenters. The summed E-state index contributed by atoms with van der Waals surface area (Å²) < 4.78 is 29.7. The van der Waals surface area contributed by atoms with Crippen LogP contribution in [0.3, 0.4) is 0 Å². The van der Waals surface area contributed by atoms with E-state index in [4.69, 9.17) is 28.7 Å². The number of nitrogens with one attached hydrogen (secondary N) is 1. The Morgan fingerprint density at radius 2 is 1.57 bits per heavy atom. The monoisotopic (exact) mass is 1060 g/mol. The molecule has 416 valence electrons. The number of phenols is 1. The molecule has 6 aliphatic rings. The van der Waals surface area contributed by atoms with Gasteiger partial charge >= 0.3 is 23.8 Å². The summed E-state index contributed by atoms with van der Waals surface area (Å²) in [7, 11) is 0. The van der Waals surface area contributed by atoms with E-state index in [-0.39, 0.29) is 83.0 Å². The number of rotatable bonds is 11. The lowest BCUT2D eigenvalue weighted by Crippen LogP contribution is -2.59. The average Bonchev–Trinajstić information content (AvgIpc) is 3.83. The Hall–Kier alpha value is -6.38. The number of Topliss-reactive ketones (excluding diaryl/α,β-unsaturated/α-hetero) is 1. The van der Waals surface area contributed by atoms with Gasteiger partial charge in [0.2, 0.25) is 6.29 Å². The molecule has 20 heteroatoms. The standard InChI is InChI=1S/C56H76N4O16/c1-28(2)25-59-22-20-56(21-23-59)58-43-40-41-48(67)35(9)51-42(40)52(69)55(12,76-51)72-24-19-29(3)32(6)50(73-36(10)63)34(8)47(66)33(7)46(65)30(4)15-13-16-31(5)53(70)57-44(49(41)68)45(43)60(56)54(71)75-37(11)74-39(64)18-14-17-38(26-61)27-62/h13,15-16,19,24,26-30,32-34,37-38,45-47,50,65-68H,14,17-18,20-23,25H2,1-12H3,(H,57,70)/b15-13+,24-19+,31-16-/t29-,30-,32+,33+,34+,37?,45?,46-,47+,50+,55-/m0/s1. The average molecular weight is 1060 g/mol. The quantitative estimate of drug-likeness (QED) is 0.0698. The maximum Gasteiger partial charge on any atom is 0.415 e. The zero-order valence-corrected chi connectivity index (χ0v) is 45.7. The van der Waals surface area contributed by atoms with Gasteiger partial charge < -0.3 is 63.9 Å². The second-order valence-electron chi connectivity index (χ2n) is 21.8. The van der Waals surface area contributed by atoms with Crippen molar-refractivity contribution in [1.82, 2.24) is 15.1 Å². The van der Waals surface area contributed by atoms with Gasteiger partial charge in [-0.2, -0.15) is 0 Å². The lowest BCUT2D eigenvalue weighted by Gasteiger charge is -2.45. The van der Waals surface area contributed by atoms with Crippen molar-refractivity contribution in [3.63, 3.8) is 0 Å². The molecule has 5 heterocycles. The van der Waals surface area contributed by atoms with Crippen molar-refractivity contribution in [2.75, 3.05) is 19.6 Å². The summed E-state index contributed by atoms with van der Waals surface area (Å²) in [6.45, 7) is 21.6. The summed E-state index contributed by atoms with van der Waals surface area (Å²) in [5, 5.41) is 50.8. The molecule has 0 saturated carbocycles. The number of benzene rings is 1. The number of likely N-dealkylation sites (tertiary alicyclic amines) is 1. The van der Waals surface area contributed by atoms with Crippen LogP contribution in [0.4, 0.5) is 4.79 Å². The summed E-state index contributed by atoms with van der Waals surface area (Å²) in [4.78, 5) is 101. The van der Waals surface area contributed by atoms with Crippen LogP contribution in [0.15, 0.2) is 46.8 Å². The number of aromatic hydroxyl groups is 1. The predicted octanol–water partition coefficient (Wildman–Crippen LogP) is 6.36. The molecule has 20 nitrogen and oxygen atoms in total. The number of aliphatic hydroxyl groups is 3. The number of piperidine rings is 1. The van der Waals surface area contributed by atoms with Crippen LogP contribution in [0.1, 0.15) is 135 Å². The van der Waals surface area contributed by atoms with Crippen molar-refractivity contribution in [3.05, 3.63) is 64.1 Å². The van der Waals surface area contributed by atoms with Gasteiger partial charge in [-0.15, -0.1) is 0 Å². The number of aliphatic imine (C=N–C) groups is 1. The third-order valence-electron chi connectivity index (χ3n) is 15.6. The maximum absolute atomic E-state index is 15.1. The zero-order chi connectivity index (χ0) is 56.3. The molecule has 1 spiro atoms. The Labute approximate surface area is 444 Å². The smallest absolute Gasteiger partial charge is 0.415 e. The van der Waals surface area contributed by atoms with E-state index in [0.717, 1.165) is 6.54 Å². The molecule has 5 aliphatic heterocycles. The van der Waals surface area contributed by atoms with Crippen LogP contribution in [0.2, 0.25) is 0 Å². The van der Waals surface area contributed by atoms with Gasteiger partial charge in [-0.3, -0.25) is 29.1 Å². The van der Waals surface area contributed by atoms with E-state index in [2.05, 4.69) is 24.1 Å². The number of carbonyl (C=O) groups excluding carboxylic acids is 7. The highest BCUT2D eigenvalue weighted by molar-refractivity contribution is 6.24. The number of allylic oxidation sites excluding steroid dienone is 3. The normalized spacial score (nSPS) is 30.8. The van der Waals surface area contributed by atoms with Gasteiger partial charge in [0, 0.05) is 94.1 Å². The van der Waals surface area contributed by atoms with Crippen LogP contribution in [0.25, 0.3) is 5.76 Å². The van der Waals surface area contributed by atoms with Crippen LogP contribution in [-0.2, 0) is 42.9 Å². The molecule has 1 aromatic rings. The number of nitrogens with zero attached hydrogens (tertiary/aromatic N) is 3. The molecule has 1 fully saturated rings. The molecule has 1 saturated heterocycles. The fourth-order valence-electron chi connectivity index (χ4n) is 10.9. The highest BCUT2D eigenvalue weighted by Gasteiger charge is 2.60. The minimum Gasteiger partial charge on any atom is -0.507 e. The number of hydrogen-bond donors (Lipinski definition) is 5. The first-order valence-corrected chi connectivity index (χ1v) is 26.3. The summed E-state index contributed by atoms with van der Waals surface area (Å²) >= 11 is 0. The minimum absolute atomic E-state index is 0.00777. The van der Waals surface area contributed by atoms with Gasteiger partial charge in [0.05, 0.1) is 46.9 Å². The van der Waals surface area contributed by atoms with E-state index in [1.54, 1.807) is 39.0 Å². The Balaban J connectivity index is 1.52. The lowest BCUT2D eigenvalue weighted by molar-refractivity contribution is -0.167. The molecule has 7 rings (SSSR count). The molecule has 1 aliphatic carbocycles. The number of ketones is 1. The van der Waals surface area contributed by atoms with Crippen LogP contribution in [0.5, 0.6) is 11.5 Å². The zero-order valence-electron chi connectivity index (χ0n) is 45.7. The minimum atomic E-state index is -2.08. The van der Waals surface area contributed by atoms with Crippen LogP contribution in [-0.4, -0.2) is 140 Å². The van der Waals surface area contributed by atoms with Gasteiger partial charge in [0.25, 0.3) is 11.7 Å². The summed E-state index contributed by atoms with van der Waals surface area (Å²) in [6.07, 6.45) is 3.41. The fourth-order valence-corrected chi connectivity index (χ4v) is 10.9. The fraction of sp³-hybridized carbons (Fsp3) is 0.607. The molecule has 5 N–H and O–H groups in total. The number of esters is 2. The van der Waals surface area contributed by atoms with Crippen molar-refractivity contribution >= 4 is 53.8 Å². The topological polar surface area (TPSA) is 277 Å². The van der Waals surface area contributed by atoms with Gasteiger partial charge in [-0.25, -0.2) is 4.79 Å². The van der Waals surface area contributed by atoms with E-state index >= 15 is 9.59 Å². The van der Waals surface area contributed by atoms with E-state index in [9.17, 15) is 44.4 Å². The van der Waals surface area contributed by atoms with E-state index in [0.29, 0.717) is 25.7 Å². The number of carbonyl (C=O) groups is 7. The molecule has 0 radical (unpaired) electrons. The van der Waals surface area contributed by atoms with E-state index in [1.807, 2.05) is 13.8 Å². The Morgan fingerprint density at radius 1 is 0.908 bits per heavy atom. The number of fused-ring (bicyclic) bond motifs is 13. The van der Waals surface area contributed by atoms with Crippen LogP contribution < -0.4 is 10.1 Å². The van der Waals surface area contributed by atoms with E-state index < -0.39 is 119 Å². The van der Waals surface area contributed by atoms with Crippen molar-refractivity contribution in [2.24, 2.45) is 46.4 Å². The van der Waals surface area contributed by atoms with Crippen LogP contribution in [0, 0.1) is 48.3 Å². The van der Waals surface area contributed by atoms with Gasteiger partial charge in [0.15, 0.2) is 0 Å². The summed E-state index contributed by atoms with van der Waals surface area (Å²) in [5.41, 5.74) is -2.08. The predicted molar refractivity (Wildman–Crippen MR) is 277 cm³/mol. The van der Waals surface area contributed by atoms with Crippen molar-refractivity contribution < 1.29 is 77.7 Å². The molecule has 0 aromatic heterocycles. The van der Waals surface area contributed by atoms with Crippen molar-refractivity contribution in [3.8, 4) is 11.5 Å². The van der Waals surface area contributed by atoms with Gasteiger partial charge in [0.1, 0.15) is 47.6 Å². The molecule has 11 atom stereocenters. The summed E-state index contributed by atoms with van der Waals surface area (Å²) in [5.74, 6) is -9.61. The number of aliphatic hydroxyl groups excluding tert-OH is 3. The SMILES string of the molecule is CC(=O)O[C@H]1[C@H](C)[C@H](O)[C@H](C)[C@@H](O)[C@@H](C)/C=C/C=C(/C)C(=O)NC2=C(O)c3c(O)c(C)c4c(c3C3=NC5(CCN(CC(C)C)CC5)N(C(=O)OC(C)OC(=O)CCCC(C=O)C=O)C32)C(=O)[C@@](C)(O/C=C/[C@H](C)[C@H]1C)O4. The Bertz CT molecular complexity index is 2590. The molecular weight excluding hydrogens is 985 g/mol. The number of phenolic OH excluding ortho intramolecular Hbond substituents is 1. The number of ether oxygens (including phenoxy) is 5. The third-order valence-corrected chi connectivity index (χ3v) is 15.6. The maximum atomic E-state index is 15.1. The first kappa shape index (κ1) is 58.9. The lowest BCUT2D eigenvalue weighted by atomic mass is 9.77. The Morgan fingerprint density at radius 3 is 2.18 bits per heavy atom. The number of aldehydes is 2. The largest absolute Gasteiger partial charge is 0.507 e. The molecule has 2 amide bonds. The van der Waals surface area contributed by atoms with Crippen LogP contribution >= 0.6 is 0 Å². The molecule has 5 bridgehead atoms. The van der Waals surface area contributed by atoms with E-state index in [1.165, 1.54) is 51.9 Å². The van der Waals surface area contributed by atoms with Gasteiger partial charge in [-0.1, -0.05) is 66.7 Å². The van der Waals surface area contributed by atoms with Crippen molar-refractivity contribution in [1.29, 1.82) is 0 Å². The van der Waals surface area contributed by atoms with Crippen molar-refractivity contribution in [2.45, 2.75) is 157 Å². The Kier molecular flexibility index (Phi) is 18.5. The first-order valence-electron chi connectivity index (χ1n) is 26.3. The highest BCUT2D eigenvalue weighted by Crippen LogP contribution is 2.54. The second-order valence-corrected chi connectivity index (χ2v) is 21.8. The highest BCUT2D eigenvalue weighted by atomic mass is 16.7. The number of amides is 2. The molecular formula is C56H76N4O16. The first-order chi connectivity index (χ1) is 35.7. The molecule has 1 aromatic carbocycles. The van der Waals surface area contributed by atoms with Gasteiger partial charge in [-0.05, 0) is 50.5 Å². The third kappa shape index (κ3) is 11.9. The molecule has 76 heavy (non-hydrogen) atoms.